The average molecular weight is 296 g/mol. The molecule has 1 saturated heterocycles. The smallest absolute Gasteiger partial charge is 0.163 e. The zero-order valence-corrected chi connectivity index (χ0v) is 13.1. The van der Waals surface area contributed by atoms with Gasteiger partial charge in [-0.05, 0) is 43.9 Å². The van der Waals surface area contributed by atoms with E-state index in [0.717, 1.165) is 25.1 Å². The molecule has 2 rings (SSSR count). The summed E-state index contributed by atoms with van der Waals surface area (Å²) in [7, 11) is 0. The highest BCUT2D eigenvalue weighted by molar-refractivity contribution is 6.31. The van der Waals surface area contributed by atoms with E-state index in [1.807, 2.05) is 0 Å². The van der Waals surface area contributed by atoms with Gasteiger partial charge in [0.25, 0.3) is 0 Å². The second kappa shape index (κ2) is 5.74. The fourth-order valence-corrected chi connectivity index (χ4v) is 3.21. The molecule has 1 aromatic rings. The van der Waals surface area contributed by atoms with Crippen molar-refractivity contribution in [1.29, 1.82) is 0 Å². The predicted octanol–water partition coefficient (Wildman–Crippen LogP) is 3.87. The molecule has 0 spiro atoms. The first kappa shape index (κ1) is 15.3. The number of rotatable bonds is 3. The van der Waals surface area contributed by atoms with Crippen LogP contribution in [0.5, 0.6) is 5.75 Å². The first-order valence-electron chi connectivity index (χ1n) is 7.03. The predicted molar refractivity (Wildman–Crippen MR) is 81.4 cm³/mol. The van der Waals surface area contributed by atoms with Gasteiger partial charge in [-0.1, -0.05) is 25.4 Å². The number of phenols is 1. The van der Waals surface area contributed by atoms with Crippen LogP contribution in [0.1, 0.15) is 49.5 Å². The molecule has 1 aromatic carbocycles. The Labute approximate surface area is 125 Å². The Morgan fingerprint density at radius 3 is 2.75 bits per heavy atom. The topological polar surface area (TPSA) is 40.5 Å². The summed E-state index contributed by atoms with van der Waals surface area (Å²) >= 11 is 6.06. The van der Waals surface area contributed by atoms with Crippen molar-refractivity contribution in [2.45, 2.75) is 40.2 Å². The van der Waals surface area contributed by atoms with Gasteiger partial charge < -0.3 is 5.11 Å². The summed E-state index contributed by atoms with van der Waals surface area (Å²) in [5.74, 6) is -0.0875. The number of phenolic OH excluding ortho intramolecular Hbond substituents is 1. The molecule has 3 nitrogen and oxygen atoms in total. The number of likely N-dealkylation sites (tertiary alicyclic amines) is 1. The molecule has 0 atom stereocenters. The van der Waals surface area contributed by atoms with Crippen LogP contribution in [0.15, 0.2) is 12.1 Å². The van der Waals surface area contributed by atoms with Crippen LogP contribution in [0.2, 0.25) is 5.02 Å². The van der Waals surface area contributed by atoms with Crippen LogP contribution < -0.4 is 0 Å². The van der Waals surface area contributed by atoms with E-state index in [1.54, 1.807) is 6.07 Å². The Hall–Kier alpha value is -1.06. The SMILES string of the molecule is CC(=O)c1cc(Cl)cc(CN2CCCC(C)(C)C2)c1O. The molecule has 0 aromatic heterocycles. The molecule has 0 saturated carbocycles. The third kappa shape index (κ3) is 3.53. The van der Waals surface area contributed by atoms with Crippen LogP contribution in [0.25, 0.3) is 0 Å². The van der Waals surface area contributed by atoms with E-state index >= 15 is 0 Å². The van der Waals surface area contributed by atoms with E-state index in [0.29, 0.717) is 22.5 Å². The van der Waals surface area contributed by atoms with Crippen molar-refractivity contribution >= 4 is 17.4 Å². The quantitative estimate of drug-likeness (QED) is 0.861. The van der Waals surface area contributed by atoms with Gasteiger partial charge in [0, 0.05) is 23.7 Å². The molecule has 0 radical (unpaired) electrons. The van der Waals surface area contributed by atoms with E-state index in [1.165, 1.54) is 19.4 Å². The van der Waals surface area contributed by atoms with Crippen molar-refractivity contribution in [3.05, 3.63) is 28.3 Å². The van der Waals surface area contributed by atoms with Crippen LogP contribution >= 0.6 is 11.6 Å². The molecular formula is C16H22ClNO2. The van der Waals surface area contributed by atoms with Gasteiger partial charge in [0.2, 0.25) is 0 Å². The molecule has 0 bridgehead atoms. The van der Waals surface area contributed by atoms with Crippen molar-refractivity contribution in [2.24, 2.45) is 5.41 Å². The third-order valence-electron chi connectivity index (χ3n) is 3.91. The molecule has 4 heteroatoms. The highest BCUT2D eigenvalue weighted by atomic mass is 35.5. The number of Topliss-reactive ketones (excluding diaryl/α,β-unsaturated/α-hetero) is 1. The van der Waals surface area contributed by atoms with Crippen molar-refractivity contribution in [2.75, 3.05) is 13.1 Å². The minimum absolute atomic E-state index is 0.0743. The largest absolute Gasteiger partial charge is 0.507 e. The molecule has 1 heterocycles. The van der Waals surface area contributed by atoms with Crippen LogP contribution in [0.4, 0.5) is 0 Å². The second-order valence-corrected chi connectivity index (χ2v) is 6.93. The van der Waals surface area contributed by atoms with Gasteiger partial charge in [0.15, 0.2) is 5.78 Å². The van der Waals surface area contributed by atoms with Gasteiger partial charge in [-0.15, -0.1) is 0 Å². The van der Waals surface area contributed by atoms with Gasteiger partial charge in [-0.3, -0.25) is 9.69 Å². The number of hydrogen-bond donors (Lipinski definition) is 1. The number of halogens is 1. The Balaban J connectivity index is 2.23. The molecule has 0 unspecified atom stereocenters. The highest BCUT2D eigenvalue weighted by Gasteiger charge is 2.27. The zero-order chi connectivity index (χ0) is 14.9. The van der Waals surface area contributed by atoms with Crippen molar-refractivity contribution in [3.8, 4) is 5.75 Å². The first-order valence-corrected chi connectivity index (χ1v) is 7.41. The van der Waals surface area contributed by atoms with Crippen LogP contribution in [0, 0.1) is 5.41 Å². The Morgan fingerprint density at radius 1 is 1.45 bits per heavy atom. The van der Waals surface area contributed by atoms with Crippen molar-refractivity contribution in [1.82, 2.24) is 4.90 Å². The Morgan fingerprint density at radius 2 is 2.15 bits per heavy atom. The van der Waals surface area contributed by atoms with Gasteiger partial charge >= 0.3 is 0 Å². The highest BCUT2D eigenvalue weighted by Crippen LogP contribution is 2.32. The van der Waals surface area contributed by atoms with E-state index < -0.39 is 0 Å². The summed E-state index contributed by atoms with van der Waals surface area (Å²) < 4.78 is 0. The maximum atomic E-state index is 11.5. The molecule has 20 heavy (non-hydrogen) atoms. The van der Waals surface area contributed by atoms with E-state index in [4.69, 9.17) is 11.6 Å². The van der Waals surface area contributed by atoms with Gasteiger partial charge in [0.05, 0.1) is 5.56 Å². The number of piperidine rings is 1. The Kier molecular flexibility index (Phi) is 4.40. The number of carbonyl (C=O) groups excluding carboxylic acids is 1. The molecule has 1 fully saturated rings. The standard InChI is InChI=1S/C16H22ClNO2/c1-11(19)14-8-13(17)7-12(15(14)20)9-18-6-4-5-16(2,3)10-18/h7-8,20H,4-6,9-10H2,1-3H3. The van der Waals surface area contributed by atoms with E-state index in [9.17, 15) is 9.90 Å². The maximum Gasteiger partial charge on any atom is 0.163 e. The summed E-state index contributed by atoms with van der Waals surface area (Å²) in [6, 6.07) is 3.29. The number of benzene rings is 1. The second-order valence-electron chi connectivity index (χ2n) is 6.50. The van der Waals surface area contributed by atoms with Crippen LogP contribution in [-0.2, 0) is 6.54 Å². The lowest BCUT2D eigenvalue weighted by atomic mass is 9.84. The molecule has 0 amide bonds. The van der Waals surface area contributed by atoms with E-state index in [2.05, 4.69) is 18.7 Å². The van der Waals surface area contributed by atoms with Crippen molar-refractivity contribution < 1.29 is 9.90 Å². The first-order chi connectivity index (χ1) is 9.28. The van der Waals surface area contributed by atoms with Crippen molar-refractivity contribution in [3.63, 3.8) is 0 Å². The molecule has 1 N–H and O–H groups in total. The van der Waals surface area contributed by atoms with Gasteiger partial charge in [-0.25, -0.2) is 0 Å². The zero-order valence-electron chi connectivity index (χ0n) is 12.4. The molecule has 1 aliphatic heterocycles. The summed E-state index contributed by atoms with van der Waals surface area (Å²) in [5, 5.41) is 10.7. The normalized spacial score (nSPS) is 19.0. The lowest BCUT2D eigenvalue weighted by Crippen LogP contribution is -2.39. The fourth-order valence-electron chi connectivity index (χ4n) is 2.97. The number of hydrogen-bond acceptors (Lipinski definition) is 3. The minimum atomic E-state index is -0.162. The molecular weight excluding hydrogens is 274 g/mol. The number of ketones is 1. The number of carbonyl (C=O) groups is 1. The summed E-state index contributed by atoms with van der Waals surface area (Å²) in [5.41, 5.74) is 1.35. The van der Waals surface area contributed by atoms with Crippen LogP contribution in [-0.4, -0.2) is 28.9 Å². The monoisotopic (exact) mass is 295 g/mol. The summed E-state index contributed by atoms with van der Waals surface area (Å²) in [4.78, 5) is 13.9. The minimum Gasteiger partial charge on any atom is -0.507 e. The lowest BCUT2D eigenvalue weighted by Gasteiger charge is -2.38. The Bertz CT molecular complexity index is 525. The molecule has 1 aliphatic rings. The fraction of sp³-hybridized carbons (Fsp3) is 0.562. The van der Waals surface area contributed by atoms with Gasteiger partial charge in [0.1, 0.15) is 5.75 Å². The average Bonchev–Trinajstić information content (AvgIpc) is 2.31. The summed E-state index contributed by atoms with van der Waals surface area (Å²) in [6.45, 7) is 8.62. The lowest BCUT2D eigenvalue weighted by molar-refractivity contribution is 0.101. The van der Waals surface area contributed by atoms with E-state index in [-0.39, 0.29) is 11.5 Å². The molecule has 110 valence electrons. The third-order valence-corrected chi connectivity index (χ3v) is 4.12. The maximum absolute atomic E-state index is 11.5. The number of nitrogens with zero attached hydrogens (tertiary/aromatic N) is 1. The number of aromatic hydroxyl groups is 1. The molecule has 0 aliphatic carbocycles. The van der Waals surface area contributed by atoms with Gasteiger partial charge in [-0.2, -0.15) is 0 Å². The summed E-state index contributed by atoms with van der Waals surface area (Å²) in [6.07, 6.45) is 2.39. The van der Waals surface area contributed by atoms with Crippen LogP contribution in [0.3, 0.4) is 0 Å².